The Morgan fingerprint density at radius 3 is 2.82 bits per heavy atom. The predicted octanol–water partition coefficient (Wildman–Crippen LogP) is 3.35. The van der Waals surface area contributed by atoms with Crippen LogP contribution in [0.5, 0.6) is 0 Å². The first-order chi connectivity index (χ1) is 8.25. The van der Waals surface area contributed by atoms with Gasteiger partial charge in [0.2, 0.25) is 0 Å². The van der Waals surface area contributed by atoms with Crippen molar-refractivity contribution < 1.29 is 8.81 Å². The van der Waals surface area contributed by atoms with Crippen molar-refractivity contribution in [1.82, 2.24) is 5.32 Å². The van der Waals surface area contributed by atoms with Crippen LogP contribution in [0.15, 0.2) is 22.6 Å². The Morgan fingerprint density at radius 1 is 1.29 bits per heavy atom. The molecule has 0 atom stereocenters. The Hall–Kier alpha value is -1.35. The van der Waals surface area contributed by atoms with E-state index in [0.29, 0.717) is 11.5 Å². The van der Waals surface area contributed by atoms with Gasteiger partial charge in [-0.3, -0.25) is 0 Å². The first-order valence-corrected chi connectivity index (χ1v) is 6.15. The van der Waals surface area contributed by atoms with Crippen LogP contribution in [0, 0.1) is 12.7 Å². The van der Waals surface area contributed by atoms with Crippen LogP contribution in [0.2, 0.25) is 0 Å². The molecule has 2 heterocycles. The molecule has 2 aromatic rings. The van der Waals surface area contributed by atoms with Gasteiger partial charge in [0.1, 0.15) is 17.2 Å². The maximum atomic E-state index is 13.1. The van der Waals surface area contributed by atoms with Crippen molar-refractivity contribution >= 4 is 11.0 Å². The number of piperidine rings is 1. The average molecular weight is 233 g/mol. The van der Waals surface area contributed by atoms with Gasteiger partial charge < -0.3 is 9.73 Å². The number of rotatable bonds is 1. The quantitative estimate of drug-likeness (QED) is 0.817. The number of fused-ring (bicyclic) bond motifs is 1. The van der Waals surface area contributed by atoms with Gasteiger partial charge >= 0.3 is 0 Å². The van der Waals surface area contributed by atoms with E-state index < -0.39 is 0 Å². The highest BCUT2D eigenvalue weighted by Crippen LogP contribution is 2.34. The van der Waals surface area contributed by atoms with Gasteiger partial charge in [0.15, 0.2) is 0 Å². The molecule has 0 aliphatic carbocycles. The topological polar surface area (TPSA) is 25.2 Å². The standard InChI is InChI=1S/C14H16FNO/c1-9-12-3-2-11(15)8-13(12)17-14(9)10-4-6-16-7-5-10/h2-3,8,10,16H,4-7H2,1H3. The van der Waals surface area contributed by atoms with Gasteiger partial charge in [-0.15, -0.1) is 0 Å². The van der Waals surface area contributed by atoms with E-state index in [-0.39, 0.29) is 5.82 Å². The second-order valence-corrected chi connectivity index (χ2v) is 4.76. The monoisotopic (exact) mass is 233 g/mol. The molecule has 1 saturated heterocycles. The van der Waals surface area contributed by atoms with Gasteiger partial charge in [0.05, 0.1) is 0 Å². The third kappa shape index (κ3) is 1.84. The lowest BCUT2D eigenvalue weighted by atomic mass is 9.93. The van der Waals surface area contributed by atoms with Crippen LogP contribution in [-0.4, -0.2) is 13.1 Å². The summed E-state index contributed by atoms with van der Waals surface area (Å²) in [5.41, 5.74) is 1.85. The number of nitrogens with one attached hydrogen (secondary N) is 1. The molecule has 0 saturated carbocycles. The Bertz CT molecular complexity index is 540. The molecule has 0 amide bonds. The number of furan rings is 1. The van der Waals surface area contributed by atoms with Crippen LogP contribution in [0.4, 0.5) is 4.39 Å². The van der Waals surface area contributed by atoms with Gasteiger partial charge in [-0.25, -0.2) is 4.39 Å². The molecule has 1 aromatic heterocycles. The van der Waals surface area contributed by atoms with Crippen molar-refractivity contribution in [3.63, 3.8) is 0 Å². The summed E-state index contributed by atoms with van der Waals surface area (Å²) in [5.74, 6) is 1.29. The highest BCUT2D eigenvalue weighted by Gasteiger charge is 2.22. The maximum Gasteiger partial charge on any atom is 0.137 e. The molecule has 0 bridgehead atoms. The first kappa shape index (κ1) is 10.8. The number of benzene rings is 1. The average Bonchev–Trinajstić information content (AvgIpc) is 2.67. The molecule has 1 aromatic carbocycles. The van der Waals surface area contributed by atoms with E-state index in [1.807, 2.05) is 6.07 Å². The smallest absolute Gasteiger partial charge is 0.137 e. The van der Waals surface area contributed by atoms with Crippen LogP contribution in [-0.2, 0) is 0 Å². The summed E-state index contributed by atoms with van der Waals surface area (Å²) in [6.45, 7) is 4.14. The fraction of sp³-hybridized carbons (Fsp3) is 0.429. The number of hydrogen-bond acceptors (Lipinski definition) is 2. The molecule has 3 rings (SSSR count). The number of hydrogen-bond donors (Lipinski definition) is 1. The fourth-order valence-corrected chi connectivity index (χ4v) is 2.69. The molecular formula is C14H16FNO. The van der Waals surface area contributed by atoms with Crippen LogP contribution in [0.25, 0.3) is 11.0 Å². The zero-order valence-electron chi connectivity index (χ0n) is 9.92. The molecule has 90 valence electrons. The minimum Gasteiger partial charge on any atom is -0.460 e. The van der Waals surface area contributed by atoms with Crippen molar-refractivity contribution in [1.29, 1.82) is 0 Å². The van der Waals surface area contributed by atoms with Crippen LogP contribution < -0.4 is 5.32 Å². The summed E-state index contributed by atoms with van der Waals surface area (Å²) in [5, 5.41) is 4.39. The third-order valence-corrected chi connectivity index (χ3v) is 3.65. The molecule has 0 radical (unpaired) electrons. The van der Waals surface area contributed by atoms with Crippen molar-refractivity contribution in [3.8, 4) is 0 Å². The minimum absolute atomic E-state index is 0.233. The van der Waals surface area contributed by atoms with E-state index in [0.717, 1.165) is 37.1 Å². The summed E-state index contributed by atoms with van der Waals surface area (Å²) < 4.78 is 19.0. The van der Waals surface area contributed by atoms with Crippen LogP contribution >= 0.6 is 0 Å². The van der Waals surface area contributed by atoms with Gasteiger partial charge in [0, 0.05) is 17.4 Å². The summed E-state index contributed by atoms with van der Waals surface area (Å²) >= 11 is 0. The largest absolute Gasteiger partial charge is 0.460 e. The Morgan fingerprint density at radius 2 is 2.06 bits per heavy atom. The third-order valence-electron chi connectivity index (χ3n) is 3.65. The van der Waals surface area contributed by atoms with E-state index >= 15 is 0 Å². The van der Waals surface area contributed by atoms with Crippen molar-refractivity contribution in [2.75, 3.05) is 13.1 Å². The van der Waals surface area contributed by atoms with E-state index in [2.05, 4.69) is 12.2 Å². The van der Waals surface area contributed by atoms with E-state index in [4.69, 9.17) is 4.42 Å². The molecule has 1 aliphatic heterocycles. The molecular weight excluding hydrogens is 217 g/mol. The Labute approximate surface area is 99.8 Å². The Kier molecular flexibility index (Phi) is 2.63. The maximum absolute atomic E-state index is 13.1. The van der Waals surface area contributed by atoms with E-state index in [1.54, 1.807) is 0 Å². The summed E-state index contributed by atoms with van der Waals surface area (Å²) in [7, 11) is 0. The van der Waals surface area contributed by atoms with Gasteiger partial charge in [0.25, 0.3) is 0 Å². The van der Waals surface area contributed by atoms with Crippen molar-refractivity contribution in [2.45, 2.75) is 25.7 Å². The Balaban J connectivity index is 2.07. The number of aryl methyl sites for hydroxylation is 1. The predicted molar refractivity (Wildman–Crippen MR) is 65.8 cm³/mol. The first-order valence-electron chi connectivity index (χ1n) is 6.15. The SMILES string of the molecule is Cc1c(C2CCNCC2)oc2cc(F)ccc12. The summed E-state index contributed by atoms with van der Waals surface area (Å²) in [6.07, 6.45) is 2.20. The molecule has 0 unspecified atom stereocenters. The molecule has 3 heteroatoms. The lowest BCUT2D eigenvalue weighted by molar-refractivity contribution is 0.395. The van der Waals surface area contributed by atoms with Crippen LogP contribution in [0.1, 0.15) is 30.1 Å². The molecule has 2 nitrogen and oxygen atoms in total. The second-order valence-electron chi connectivity index (χ2n) is 4.76. The van der Waals surface area contributed by atoms with E-state index in [9.17, 15) is 4.39 Å². The highest BCUT2D eigenvalue weighted by molar-refractivity contribution is 5.82. The summed E-state index contributed by atoms with van der Waals surface area (Å²) in [4.78, 5) is 0. The summed E-state index contributed by atoms with van der Waals surface area (Å²) in [6, 6.07) is 4.79. The zero-order valence-corrected chi connectivity index (χ0v) is 9.92. The number of halogens is 1. The van der Waals surface area contributed by atoms with Gasteiger partial charge in [-0.1, -0.05) is 0 Å². The molecule has 17 heavy (non-hydrogen) atoms. The minimum atomic E-state index is -0.233. The molecule has 0 spiro atoms. The van der Waals surface area contributed by atoms with Crippen LogP contribution in [0.3, 0.4) is 0 Å². The lowest BCUT2D eigenvalue weighted by Gasteiger charge is -2.21. The van der Waals surface area contributed by atoms with Crippen molar-refractivity contribution in [2.24, 2.45) is 0 Å². The second kappa shape index (κ2) is 4.15. The molecule has 1 fully saturated rings. The fourth-order valence-electron chi connectivity index (χ4n) is 2.69. The lowest BCUT2D eigenvalue weighted by Crippen LogP contribution is -2.26. The highest BCUT2D eigenvalue weighted by atomic mass is 19.1. The molecule has 1 aliphatic rings. The van der Waals surface area contributed by atoms with Gasteiger partial charge in [-0.2, -0.15) is 0 Å². The molecule has 1 N–H and O–H groups in total. The normalized spacial score (nSPS) is 17.8. The van der Waals surface area contributed by atoms with E-state index in [1.165, 1.54) is 17.7 Å². The van der Waals surface area contributed by atoms with Gasteiger partial charge in [-0.05, 0) is 50.6 Å². The van der Waals surface area contributed by atoms with Crippen molar-refractivity contribution in [3.05, 3.63) is 35.3 Å². The zero-order chi connectivity index (χ0) is 11.8.